The highest BCUT2D eigenvalue weighted by atomic mass is 16.5. The normalized spacial score (nSPS) is 11.3. The Morgan fingerprint density at radius 2 is 1.46 bits per heavy atom. The van der Waals surface area contributed by atoms with Gasteiger partial charge in [-0.2, -0.15) is 0 Å². The summed E-state index contributed by atoms with van der Waals surface area (Å²) in [4.78, 5) is 37.7. The van der Waals surface area contributed by atoms with Gasteiger partial charge in [0.2, 0.25) is 11.7 Å². The molecule has 1 atom stereocenters. The minimum absolute atomic E-state index is 0.113. The lowest BCUT2D eigenvalue weighted by molar-refractivity contribution is -0.126. The molecule has 4 rings (SSSR count). The zero-order valence-corrected chi connectivity index (χ0v) is 22.0. The fraction of sp³-hybridized carbons (Fsp3) is 0.200. The molecule has 0 fully saturated rings. The number of rotatable bonds is 11. The average molecular weight is 527 g/mol. The third-order valence-electron chi connectivity index (χ3n) is 6.11. The fourth-order valence-corrected chi connectivity index (χ4v) is 4.23. The molecule has 2 amide bonds. The van der Waals surface area contributed by atoms with E-state index in [2.05, 4.69) is 15.3 Å². The van der Waals surface area contributed by atoms with E-state index in [0.717, 1.165) is 11.1 Å². The maximum Gasteiger partial charge on any atom is 0.275 e. The van der Waals surface area contributed by atoms with Gasteiger partial charge in [-0.3, -0.25) is 14.6 Å². The zero-order valence-electron chi connectivity index (χ0n) is 22.0. The maximum absolute atomic E-state index is 14.0. The van der Waals surface area contributed by atoms with E-state index in [-0.39, 0.29) is 24.7 Å². The molecule has 9 nitrogen and oxygen atoms in total. The maximum atomic E-state index is 14.0. The molecule has 200 valence electrons. The SMILES string of the molecule is COc1cc([C@@H](C(=O)NCc2ccccc2)N(Cc2ccccc2)C(=O)c2cnccn2)cc(OC)c1OC. The van der Waals surface area contributed by atoms with Crippen LogP contribution in [0.3, 0.4) is 0 Å². The van der Waals surface area contributed by atoms with Crippen LogP contribution in [0.1, 0.15) is 33.2 Å². The smallest absolute Gasteiger partial charge is 0.275 e. The van der Waals surface area contributed by atoms with Gasteiger partial charge in [0.15, 0.2) is 11.5 Å². The minimum atomic E-state index is -1.07. The van der Waals surface area contributed by atoms with Crippen LogP contribution < -0.4 is 19.5 Å². The Bertz CT molecular complexity index is 1360. The quantitative estimate of drug-likeness (QED) is 0.312. The van der Waals surface area contributed by atoms with E-state index in [1.54, 1.807) is 12.1 Å². The van der Waals surface area contributed by atoms with E-state index in [0.29, 0.717) is 22.8 Å². The van der Waals surface area contributed by atoms with Crippen molar-refractivity contribution in [1.29, 1.82) is 0 Å². The van der Waals surface area contributed by atoms with Gasteiger partial charge >= 0.3 is 0 Å². The largest absolute Gasteiger partial charge is 0.493 e. The molecule has 1 heterocycles. The second-order valence-corrected chi connectivity index (χ2v) is 8.57. The highest BCUT2D eigenvalue weighted by Crippen LogP contribution is 2.41. The Kier molecular flexibility index (Phi) is 9.07. The molecule has 0 unspecified atom stereocenters. The molecule has 1 aromatic heterocycles. The van der Waals surface area contributed by atoms with Crippen molar-refractivity contribution in [1.82, 2.24) is 20.2 Å². The summed E-state index contributed by atoms with van der Waals surface area (Å²) < 4.78 is 16.6. The standard InChI is InChI=1S/C30H30N4O5/c1-37-25-16-23(17-26(38-2)28(25)39-3)27(29(35)33-18-21-10-6-4-7-11-21)34(20-22-12-8-5-9-13-22)30(36)24-19-31-14-15-32-24/h4-17,19,27H,18,20H2,1-3H3,(H,33,35)/t27-/m0/s1. The van der Waals surface area contributed by atoms with Crippen LogP contribution in [0.4, 0.5) is 0 Å². The summed E-state index contributed by atoms with van der Waals surface area (Å²) in [6.45, 7) is 0.412. The van der Waals surface area contributed by atoms with Gasteiger partial charge in [0.05, 0.1) is 27.5 Å². The second kappa shape index (κ2) is 13.0. The minimum Gasteiger partial charge on any atom is -0.493 e. The lowest BCUT2D eigenvalue weighted by Gasteiger charge is -2.32. The summed E-state index contributed by atoms with van der Waals surface area (Å²) >= 11 is 0. The molecule has 0 saturated carbocycles. The lowest BCUT2D eigenvalue weighted by Crippen LogP contribution is -2.43. The molecule has 39 heavy (non-hydrogen) atoms. The first-order valence-electron chi connectivity index (χ1n) is 12.3. The Balaban J connectivity index is 1.83. The van der Waals surface area contributed by atoms with Crippen molar-refractivity contribution in [2.75, 3.05) is 21.3 Å². The van der Waals surface area contributed by atoms with E-state index in [4.69, 9.17) is 14.2 Å². The number of hydrogen-bond acceptors (Lipinski definition) is 7. The van der Waals surface area contributed by atoms with E-state index in [1.807, 2.05) is 60.7 Å². The molecule has 0 saturated heterocycles. The molecular weight excluding hydrogens is 496 g/mol. The van der Waals surface area contributed by atoms with E-state index < -0.39 is 11.9 Å². The predicted octanol–water partition coefficient (Wildman–Crippen LogP) is 4.20. The summed E-state index contributed by atoms with van der Waals surface area (Å²) in [5.41, 5.74) is 2.34. The molecule has 0 spiro atoms. The highest BCUT2D eigenvalue weighted by Gasteiger charge is 2.34. The van der Waals surface area contributed by atoms with Gasteiger partial charge in [-0.25, -0.2) is 4.98 Å². The van der Waals surface area contributed by atoms with Crippen LogP contribution in [0.2, 0.25) is 0 Å². The molecule has 0 aliphatic rings. The number of amides is 2. The van der Waals surface area contributed by atoms with Crippen LogP contribution >= 0.6 is 0 Å². The Hall–Kier alpha value is -4.92. The fourth-order valence-electron chi connectivity index (χ4n) is 4.23. The van der Waals surface area contributed by atoms with Gasteiger partial charge in [-0.05, 0) is 28.8 Å². The van der Waals surface area contributed by atoms with Gasteiger partial charge in [-0.15, -0.1) is 0 Å². The van der Waals surface area contributed by atoms with Crippen molar-refractivity contribution in [2.24, 2.45) is 0 Å². The number of carbonyl (C=O) groups excluding carboxylic acids is 2. The molecule has 1 N–H and O–H groups in total. The van der Waals surface area contributed by atoms with E-state index in [1.165, 1.54) is 44.8 Å². The predicted molar refractivity (Wildman–Crippen MR) is 145 cm³/mol. The van der Waals surface area contributed by atoms with Crippen molar-refractivity contribution in [3.05, 3.63) is 114 Å². The molecule has 9 heteroatoms. The van der Waals surface area contributed by atoms with Gasteiger partial charge in [-0.1, -0.05) is 60.7 Å². The van der Waals surface area contributed by atoms with Gasteiger partial charge in [0.25, 0.3) is 5.91 Å². The number of benzene rings is 3. The Morgan fingerprint density at radius 1 is 0.846 bits per heavy atom. The Morgan fingerprint density at radius 3 is 2.00 bits per heavy atom. The van der Waals surface area contributed by atoms with Crippen molar-refractivity contribution >= 4 is 11.8 Å². The van der Waals surface area contributed by atoms with Crippen LogP contribution in [0.25, 0.3) is 0 Å². The summed E-state index contributed by atoms with van der Waals surface area (Å²) in [6.07, 6.45) is 4.31. The first-order valence-corrected chi connectivity index (χ1v) is 12.3. The van der Waals surface area contributed by atoms with Gasteiger partial charge < -0.3 is 24.4 Å². The van der Waals surface area contributed by atoms with Gasteiger partial charge in [0, 0.05) is 25.5 Å². The number of carbonyl (C=O) groups is 2. The lowest BCUT2D eigenvalue weighted by atomic mass is 10.0. The van der Waals surface area contributed by atoms with Gasteiger partial charge in [0.1, 0.15) is 11.7 Å². The number of nitrogens with one attached hydrogen (secondary N) is 1. The van der Waals surface area contributed by atoms with Crippen LogP contribution in [0.5, 0.6) is 17.2 Å². The molecule has 4 aromatic rings. The molecule has 0 bridgehead atoms. The molecule has 3 aromatic carbocycles. The monoisotopic (exact) mass is 526 g/mol. The number of nitrogens with zero attached hydrogens (tertiary/aromatic N) is 3. The molecule has 0 aliphatic heterocycles. The van der Waals surface area contributed by atoms with E-state index in [9.17, 15) is 9.59 Å². The number of methoxy groups -OCH3 is 3. The summed E-state index contributed by atoms with van der Waals surface area (Å²) in [5, 5.41) is 2.99. The third-order valence-corrected chi connectivity index (χ3v) is 6.11. The molecule has 0 radical (unpaired) electrons. The summed E-state index contributed by atoms with van der Waals surface area (Å²) in [6, 6.07) is 21.3. The summed E-state index contributed by atoms with van der Waals surface area (Å²) in [7, 11) is 4.50. The van der Waals surface area contributed by atoms with Crippen LogP contribution in [0.15, 0.2) is 91.4 Å². The van der Waals surface area contributed by atoms with Crippen molar-refractivity contribution in [3.8, 4) is 17.2 Å². The first-order chi connectivity index (χ1) is 19.0. The average Bonchev–Trinajstić information content (AvgIpc) is 3.00. The number of aromatic nitrogens is 2. The number of hydrogen-bond donors (Lipinski definition) is 1. The molecule has 0 aliphatic carbocycles. The van der Waals surface area contributed by atoms with E-state index >= 15 is 0 Å². The summed E-state index contributed by atoms with van der Waals surface area (Å²) in [5.74, 6) is 0.252. The second-order valence-electron chi connectivity index (χ2n) is 8.57. The highest BCUT2D eigenvalue weighted by molar-refractivity contribution is 5.96. The van der Waals surface area contributed by atoms with Crippen LogP contribution in [-0.2, 0) is 17.9 Å². The van der Waals surface area contributed by atoms with Crippen LogP contribution in [-0.4, -0.2) is 48.0 Å². The third kappa shape index (κ3) is 6.51. The zero-order chi connectivity index (χ0) is 27.6. The molecular formula is C30H30N4O5. The van der Waals surface area contributed by atoms with Crippen LogP contribution in [0, 0.1) is 0 Å². The van der Waals surface area contributed by atoms with Crippen molar-refractivity contribution in [3.63, 3.8) is 0 Å². The van der Waals surface area contributed by atoms with Crippen molar-refractivity contribution in [2.45, 2.75) is 19.1 Å². The Labute approximate surface area is 227 Å². The number of ether oxygens (including phenoxy) is 3. The first kappa shape index (κ1) is 27.1. The topological polar surface area (TPSA) is 103 Å². The van der Waals surface area contributed by atoms with Crippen molar-refractivity contribution < 1.29 is 23.8 Å².